The van der Waals surface area contributed by atoms with E-state index in [1.54, 1.807) is 0 Å². The van der Waals surface area contributed by atoms with E-state index in [9.17, 15) is 18.0 Å². The molecule has 110 valence electrons. The first kappa shape index (κ1) is 15.2. The second kappa shape index (κ2) is 5.69. The molecule has 0 fully saturated rings. The van der Waals surface area contributed by atoms with Gasteiger partial charge in [-0.3, -0.25) is 0 Å². The van der Waals surface area contributed by atoms with E-state index in [0.29, 0.717) is 10.6 Å². The normalized spacial score (nSPS) is 11.3. The highest BCUT2D eigenvalue weighted by Crippen LogP contribution is 2.30. The minimum Gasteiger partial charge on any atom is -0.463 e. The van der Waals surface area contributed by atoms with Crippen molar-refractivity contribution in [3.63, 3.8) is 0 Å². The summed E-state index contributed by atoms with van der Waals surface area (Å²) in [7, 11) is 1.04. The number of methoxy groups -OCH3 is 1. The lowest BCUT2D eigenvalue weighted by Crippen LogP contribution is -2.15. The van der Waals surface area contributed by atoms with Crippen molar-refractivity contribution in [2.75, 3.05) is 7.11 Å². The van der Waals surface area contributed by atoms with Gasteiger partial charge in [0.1, 0.15) is 5.69 Å². The van der Waals surface area contributed by atoms with Gasteiger partial charge < -0.3 is 4.74 Å². The quantitative estimate of drug-likeness (QED) is 0.794. The Labute approximate surface area is 122 Å². The zero-order chi connectivity index (χ0) is 15.6. The third-order valence-corrected chi connectivity index (χ3v) is 2.78. The van der Waals surface area contributed by atoms with Gasteiger partial charge in [0.2, 0.25) is 5.82 Å². The molecule has 1 aromatic carbocycles. The monoisotopic (exact) mass is 316 g/mol. The van der Waals surface area contributed by atoms with Crippen LogP contribution in [-0.4, -0.2) is 23.0 Å². The minimum absolute atomic E-state index is 0.0469. The second-order valence-corrected chi connectivity index (χ2v) is 4.39. The fourth-order valence-electron chi connectivity index (χ4n) is 1.54. The molecule has 0 aliphatic carbocycles. The van der Waals surface area contributed by atoms with Gasteiger partial charge in [0.15, 0.2) is 0 Å². The highest BCUT2D eigenvalue weighted by molar-refractivity contribution is 6.30. The van der Waals surface area contributed by atoms with Crippen molar-refractivity contribution in [1.29, 1.82) is 0 Å². The maximum Gasteiger partial charge on any atom is 0.433 e. The number of hydrogen-bond donors (Lipinski definition) is 0. The Bertz CT molecular complexity index is 672. The maximum atomic E-state index is 12.8. The van der Waals surface area contributed by atoms with Gasteiger partial charge in [0, 0.05) is 10.6 Å². The predicted octanol–water partition coefficient (Wildman–Crippen LogP) is 3.60. The van der Waals surface area contributed by atoms with Gasteiger partial charge in [-0.2, -0.15) is 13.2 Å². The van der Waals surface area contributed by atoms with Crippen LogP contribution in [0.5, 0.6) is 0 Å². The van der Waals surface area contributed by atoms with Crippen LogP contribution in [-0.2, 0) is 10.9 Å². The number of aromatic nitrogens is 2. The van der Waals surface area contributed by atoms with Crippen molar-refractivity contribution >= 4 is 17.6 Å². The number of rotatable bonds is 2. The maximum absolute atomic E-state index is 12.8. The molecule has 0 aliphatic rings. The van der Waals surface area contributed by atoms with Gasteiger partial charge in [0.05, 0.1) is 12.8 Å². The topological polar surface area (TPSA) is 52.1 Å². The van der Waals surface area contributed by atoms with E-state index in [4.69, 9.17) is 11.6 Å². The van der Waals surface area contributed by atoms with E-state index in [0.717, 1.165) is 13.2 Å². The first-order valence-electron chi connectivity index (χ1n) is 5.62. The Morgan fingerprint density at radius 2 is 1.81 bits per heavy atom. The third kappa shape index (κ3) is 3.49. The summed E-state index contributed by atoms with van der Waals surface area (Å²) in [5, 5.41) is 0.428. The van der Waals surface area contributed by atoms with Crippen molar-refractivity contribution in [1.82, 2.24) is 9.97 Å². The summed E-state index contributed by atoms with van der Waals surface area (Å²) in [6.07, 6.45) is -4.70. The summed E-state index contributed by atoms with van der Waals surface area (Å²) >= 11 is 5.72. The van der Waals surface area contributed by atoms with Crippen molar-refractivity contribution in [3.05, 3.63) is 46.9 Å². The Morgan fingerprint density at radius 1 is 1.19 bits per heavy atom. The zero-order valence-corrected chi connectivity index (χ0v) is 11.4. The van der Waals surface area contributed by atoms with Crippen LogP contribution in [0, 0.1) is 0 Å². The molecule has 0 atom stereocenters. The van der Waals surface area contributed by atoms with Crippen LogP contribution in [0.3, 0.4) is 0 Å². The van der Waals surface area contributed by atoms with Crippen molar-refractivity contribution in [2.24, 2.45) is 0 Å². The number of halogens is 4. The summed E-state index contributed by atoms with van der Waals surface area (Å²) in [6, 6.07) is 6.75. The van der Waals surface area contributed by atoms with Crippen LogP contribution in [0.15, 0.2) is 30.3 Å². The van der Waals surface area contributed by atoms with E-state index in [-0.39, 0.29) is 5.69 Å². The average molecular weight is 317 g/mol. The van der Waals surface area contributed by atoms with Crippen LogP contribution in [0.25, 0.3) is 11.3 Å². The fraction of sp³-hybridized carbons (Fsp3) is 0.154. The number of esters is 1. The predicted molar refractivity (Wildman–Crippen MR) is 68.8 cm³/mol. The summed E-state index contributed by atoms with van der Waals surface area (Å²) in [5.74, 6) is -1.70. The molecule has 2 rings (SSSR count). The Hall–Kier alpha value is -2.15. The van der Waals surface area contributed by atoms with E-state index in [1.807, 2.05) is 0 Å². The molecule has 0 saturated carbocycles. The molecule has 1 heterocycles. The Morgan fingerprint density at radius 3 is 2.33 bits per heavy atom. The lowest BCUT2D eigenvalue weighted by atomic mass is 10.1. The molecular weight excluding hydrogens is 309 g/mol. The fourth-order valence-corrected chi connectivity index (χ4v) is 1.67. The average Bonchev–Trinajstić information content (AvgIpc) is 2.45. The molecule has 0 bridgehead atoms. The third-order valence-electron chi connectivity index (χ3n) is 2.52. The lowest BCUT2D eigenvalue weighted by Gasteiger charge is -2.09. The number of hydrogen-bond acceptors (Lipinski definition) is 4. The van der Waals surface area contributed by atoms with E-state index in [2.05, 4.69) is 14.7 Å². The number of benzene rings is 1. The van der Waals surface area contributed by atoms with Gasteiger partial charge in [-0.25, -0.2) is 14.8 Å². The van der Waals surface area contributed by atoms with Gasteiger partial charge in [-0.15, -0.1) is 0 Å². The van der Waals surface area contributed by atoms with Crippen LogP contribution in [0.2, 0.25) is 5.02 Å². The van der Waals surface area contributed by atoms with Gasteiger partial charge >= 0.3 is 12.1 Å². The van der Waals surface area contributed by atoms with Crippen LogP contribution in [0.1, 0.15) is 16.3 Å². The number of carbonyl (C=O) groups is 1. The SMILES string of the molecule is COC(=O)c1nc(-c2ccc(Cl)cc2)cc(C(F)(F)F)n1. The zero-order valence-electron chi connectivity index (χ0n) is 10.6. The minimum atomic E-state index is -4.70. The van der Waals surface area contributed by atoms with Crippen molar-refractivity contribution in [3.8, 4) is 11.3 Å². The van der Waals surface area contributed by atoms with Crippen molar-refractivity contribution < 1.29 is 22.7 Å². The summed E-state index contributed by atoms with van der Waals surface area (Å²) < 4.78 is 42.9. The molecule has 0 amide bonds. The Balaban J connectivity index is 2.59. The summed E-state index contributed by atoms with van der Waals surface area (Å²) in [6.45, 7) is 0. The van der Waals surface area contributed by atoms with E-state index < -0.39 is 23.7 Å². The van der Waals surface area contributed by atoms with Gasteiger partial charge in [0.25, 0.3) is 0 Å². The molecule has 1 aromatic heterocycles. The van der Waals surface area contributed by atoms with Gasteiger partial charge in [-0.05, 0) is 18.2 Å². The molecule has 0 unspecified atom stereocenters. The van der Waals surface area contributed by atoms with E-state index >= 15 is 0 Å². The standard InChI is InChI=1S/C13H8ClF3N2O2/c1-21-12(20)11-18-9(6-10(19-11)13(15,16)17)7-2-4-8(14)5-3-7/h2-6H,1H3. The molecule has 8 heteroatoms. The highest BCUT2D eigenvalue weighted by Gasteiger charge is 2.34. The lowest BCUT2D eigenvalue weighted by molar-refractivity contribution is -0.141. The summed E-state index contributed by atoms with van der Waals surface area (Å²) in [5.41, 5.74) is -0.894. The Kier molecular flexibility index (Phi) is 4.13. The second-order valence-electron chi connectivity index (χ2n) is 3.96. The first-order valence-corrected chi connectivity index (χ1v) is 5.99. The highest BCUT2D eigenvalue weighted by atomic mass is 35.5. The first-order chi connectivity index (χ1) is 9.81. The molecule has 4 nitrogen and oxygen atoms in total. The number of nitrogens with zero attached hydrogens (tertiary/aromatic N) is 2. The summed E-state index contributed by atoms with van der Waals surface area (Å²) in [4.78, 5) is 18.4. The molecule has 0 radical (unpaired) electrons. The number of carbonyl (C=O) groups excluding carboxylic acids is 1. The molecule has 2 aromatic rings. The number of ether oxygens (including phenoxy) is 1. The molecule has 21 heavy (non-hydrogen) atoms. The molecular formula is C13H8ClF3N2O2. The van der Waals surface area contributed by atoms with Crippen LogP contribution < -0.4 is 0 Å². The molecule has 0 saturated heterocycles. The molecule has 0 aliphatic heterocycles. The smallest absolute Gasteiger partial charge is 0.433 e. The molecule has 0 spiro atoms. The largest absolute Gasteiger partial charge is 0.463 e. The van der Waals surface area contributed by atoms with Gasteiger partial charge in [-0.1, -0.05) is 23.7 Å². The van der Waals surface area contributed by atoms with Crippen molar-refractivity contribution in [2.45, 2.75) is 6.18 Å². The van der Waals surface area contributed by atoms with Crippen LogP contribution in [0.4, 0.5) is 13.2 Å². The van der Waals surface area contributed by atoms with E-state index in [1.165, 1.54) is 24.3 Å². The van der Waals surface area contributed by atoms with Crippen LogP contribution >= 0.6 is 11.6 Å². The molecule has 0 N–H and O–H groups in total. The number of alkyl halides is 3.